The molecule has 0 spiro atoms. The number of hydrogen-bond donors (Lipinski definition) is 1. The van der Waals surface area contributed by atoms with E-state index in [9.17, 15) is 0 Å². The van der Waals surface area contributed by atoms with Crippen molar-refractivity contribution in [1.82, 2.24) is 15.0 Å². The van der Waals surface area contributed by atoms with Gasteiger partial charge in [0.15, 0.2) is 5.82 Å². The minimum atomic E-state index is 0.0302. The lowest BCUT2D eigenvalue weighted by molar-refractivity contribution is 0.461. The summed E-state index contributed by atoms with van der Waals surface area (Å²) in [5, 5.41) is 8.06. The summed E-state index contributed by atoms with van der Waals surface area (Å²) in [6, 6.07) is 0. The van der Waals surface area contributed by atoms with Crippen LogP contribution in [-0.4, -0.2) is 15.0 Å². The number of hydrogen-bond acceptors (Lipinski definition) is 3. The molecule has 0 aliphatic heterocycles. The molecule has 1 saturated carbocycles. The molecule has 0 atom stereocenters. The van der Waals surface area contributed by atoms with Gasteiger partial charge in [0.25, 0.3) is 0 Å². The van der Waals surface area contributed by atoms with E-state index in [1.54, 1.807) is 0 Å². The predicted octanol–water partition coefficient (Wildman–Crippen LogP) is 1.57. The zero-order valence-corrected chi connectivity index (χ0v) is 9.12. The molecule has 1 aromatic heterocycles. The number of nitrogens with zero attached hydrogens (tertiary/aromatic N) is 3. The molecule has 0 unspecified atom stereocenters. The van der Waals surface area contributed by atoms with Gasteiger partial charge < -0.3 is 5.73 Å². The molecule has 1 aliphatic rings. The Morgan fingerprint density at radius 3 is 2.57 bits per heavy atom. The van der Waals surface area contributed by atoms with E-state index in [0.717, 1.165) is 18.2 Å². The highest BCUT2D eigenvalue weighted by atomic mass is 15.4. The van der Waals surface area contributed by atoms with Gasteiger partial charge in [-0.05, 0) is 18.8 Å². The third-order valence-corrected chi connectivity index (χ3v) is 2.60. The summed E-state index contributed by atoms with van der Waals surface area (Å²) >= 11 is 0. The molecule has 0 bridgehead atoms. The normalized spacial score (nSPS) is 17.4. The van der Waals surface area contributed by atoms with Gasteiger partial charge in [-0.3, -0.25) is 0 Å². The van der Waals surface area contributed by atoms with Crippen LogP contribution in [0.5, 0.6) is 0 Å². The Kier molecular flexibility index (Phi) is 2.01. The van der Waals surface area contributed by atoms with Crippen LogP contribution in [0.1, 0.15) is 39.3 Å². The molecule has 1 aromatic rings. The van der Waals surface area contributed by atoms with Gasteiger partial charge in [-0.1, -0.05) is 26.0 Å². The van der Waals surface area contributed by atoms with Crippen LogP contribution >= 0.6 is 0 Å². The van der Waals surface area contributed by atoms with Crippen molar-refractivity contribution in [2.45, 2.75) is 45.6 Å². The fourth-order valence-corrected chi connectivity index (χ4v) is 1.77. The van der Waals surface area contributed by atoms with Crippen molar-refractivity contribution in [1.29, 1.82) is 0 Å². The van der Waals surface area contributed by atoms with Crippen molar-refractivity contribution >= 4 is 5.82 Å². The number of nitrogens with two attached hydrogens (primary N) is 1. The van der Waals surface area contributed by atoms with E-state index in [2.05, 4.69) is 31.1 Å². The Hall–Kier alpha value is -1.06. The number of anilines is 1. The highest BCUT2D eigenvalue weighted by Crippen LogP contribution is 2.33. The van der Waals surface area contributed by atoms with Gasteiger partial charge in [-0.25, -0.2) is 4.68 Å². The molecule has 0 aromatic carbocycles. The maximum atomic E-state index is 5.83. The number of rotatable bonds is 2. The van der Waals surface area contributed by atoms with Crippen LogP contribution in [0.4, 0.5) is 5.82 Å². The number of nitrogen functional groups attached to an aromatic ring is 1. The second-order valence-corrected chi connectivity index (χ2v) is 5.20. The SMILES string of the molecule is CC(C)(C)c1c(N)nnn1CC1CC1. The smallest absolute Gasteiger partial charge is 0.169 e. The van der Waals surface area contributed by atoms with E-state index in [0.29, 0.717) is 5.82 Å². The quantitative estimate of drug-likeness (QED) is 0.777. The molecule has 0 radical (unpaired) electrons. The van der Waals surface area contributed by atoms with Crippen LogP contribution in [0.15, 0.2) is 0 Å². The van der Waals surface area contributed by atoms with Gasteiger partial charge in [0.1, 0.15) is 0 Å². The molecular formula is C10H18N4. The molecule has 4 heteroatoms. The summed E-state index contributed by atoms with van der Waals surface area (Å²) in [5.41, 5.74) is 6.93. The molecule has 2 rings (SSSR count). The Labute approximate surface area is 84.5 Å². The van der Waals surface area contributed by atoms with Crippen molar-refractivity contribution in [3.05, 3.63) is 5.69 Å². The molecule has 0 saturated heterocycles. The maximum Gasteiger partial charge on any atom is 0.169 e. The van der Waals surface area contributed by atoms with Gasteiger partial charge in [0.05, 0.1) is 5.69 Å². The summed E-state index contributed by atoms with van der Waals surface area (Å²) in [6.45, 7) is 7.42. The summed E-state index contributed by atoms with van der Waals surface area (Å²) in [7, 11) is 0. The standard InChI is InChI=1S/C10H18N4/c1-10(2,3)8-9(11)12-13-14(8)6-7-4-5-7/h7H,4-6,11H2,1-3H3. The van der Waals surface area contributed by atoms with Gasteiger partial charge in [0.2, 0.25) is 0 Å². The molecule has 14 heavy (non-hydrogen) atoms. The molecule has 78 valence electrons. The summed E-state index contributed by atoms with van der Waals surface area (Å²) in [5.74, 6) is 1.38. The second kappa shape index (κ2) is 2.97. The van der Waals surface area contributed by atoms with E-state index in [4.69, 9.17) is 5.73 Å². The molecule has 1 fully saturated rings. The van der Waals surface area contributed by atoms with E-state index in [1.165, 1.54) is 12.8 Å². The first kappa shape index (κ1) is 9.49. The Morgan fingerprint density at radius 2 is 2.07 bits per heavy atom. The lowest BCUT2D eigenvalue weighted by Gasteiger charge is -2.19. The van der Waals surface area contributed by atoms with E-state index in [-0.39, 0.29) is 5.41 Å². The molecule has 4 nitrogen and oxygen atoms in total. The highest BCUT2D eigenvalue weighted by Gasteiger charge is 2.28. The minimum Gasteiger partial charge on any atom is -0.381 e. The van der Waals surface area contributed by atoms with E-state index in [1.807, 2.05) is 4.68 Å². The topological polar surface area (TPSA) is 56.7 Å². The monoisotopic (exact) mass is 194 g/mol. The first-order valence-electron chi connectivity index (χ1n) is 5.18. The maximum absolute atomic E-state index is 5.83. The van der Waals surface area contributed by atoms with E-state index < -0.39 is 0 Å². The molecular weight excluding hydrogens is 176 g/mol. The molecule has 1 heterocycles. The fourth-order valence-electron chi connectivity index (χ4n) is 1.77. The fraction of sp³-hybridized carbons (Fsp3) is 0.800. The van der Waals surface area contributed by atoms with Crippen LogP contribution in [0.2, 0.25) is 0 Å². The van der Waals surface area contributed by atoms with Crippen molar-refractivity contribution in [3.63, 3.8) is 0 Å². The molecule has 2 N–H and O–H groups in total. The van der Waals surface area contributed by atoms with Gasteiger partial charge in [-0.15, -0.1) is 5.10 Å². The molecule has 1 aliphatic carbocycles. The lowest BCUT2D eigenvalue weighted by atomic mass is 9.92. The first-order chi connectivity index (χ1) is 6.48. The highest BCUT2D eigenvalue weighted by molar-refractivity contribution is 5.37. The van der Waals surface area contributed by atoms with Crippen LogP contribution in [0.25, 0.3) is 0 Å². The van der Waals surface area contributed by atoms with Gasteiger partial charge >= 0.3 is 0 Å². The van der Waals surface area contributed by atoms with Crippen molar-refractivity contribution in [2.24, 2.45) is 5.92 Å². The Balaban J connectivity index is 2.29. The molecule has 0 amide bonds. The van der Waals surface area contributed by atoms with Crippen molar-refractivity contribution in [3.8, 4) is 0 Å². The van der Waals surface area contributed by atoms with Crippen LogP contribution in [0, 0.1) is 5.92 Å². The van der Waals surface area contributed by atoms with Crippen LogP contribution in [0.3, 0.4) is 0 Å². The Bertz CT molecular complexity index is 330. The third-order valence-electron chi connectivity index (χ3n) is 2.60. The summed E-state index contributed by atoms with van der Waals surface area (Å²) in [6.07, 6.45) is 2.65. The van der Waals surface area contributed by atoms with Crippen LogP contribution in [-0.2, 0) is 12.0 Å². The van der Waals surface area contributed by atoms with Crippen molar-refractivity contribution < 1.29 is 0 Å². The minimum absolute atomic E-state index is 0.0302. The first-order valence-corrected chi connectivity index (χ1v) is 5.18. The van der Waals surface area contributed by atoms with E-state index >= 15 is 0 Å². The summed E-state index contributed by atoms with van der Waals surface area (Å²) in [4.78, 5) is 0. The largest absolute Gasteiger partial charge is 0.381 e. The third kappa shape index (κ3) is 1.74. The van der Waals surface area contributed by atoms with Crippen molar-refractivity contribution in [2.75, 3.05) is 5.73 Å². The van der Waals surface area contributed by atoms with Gasteiger partial charge in [-0.2, -0.15) is 0 Å². The van der Waals surface area contributed by atoms with Crippen LogP contribution < -0.4 is 5.73 Å². The zero-order valence-electron chi connectivity index (χ0n) is 9.12. The lowest BCUT2D eigenvalue weighted by Crippen LogP contribution is -2.20. The number of aromatic nitrogens is 3. The second-order valence-electron chi connectivity index (χ2n) is 5.20. The predicted molar refractivity (Wildman–Crippen MR) is 55.9 cm³/mol. The average Bonchev–Trinajstić information content (AvgIpc) is 2.74. The summed E-state index contributed by atoms with van der Waals surface area (Å²) < 4.78 is 1.98. The Morgan fingerprint density at radius 1 is 1.43 bits per heavy atom. The average molecular weight is 194 g/mol. The zero-order chi connectivity index (χ0) is 10.3. The van der Waals surface area contributed by atoms with Gasteiger partial charge in [0, 0.05) is 12.0 Å².